The van der Waals surface area contributed by atoms with Crippen LogP contribution in [0.25, 0.3) is 11.2 Å². The van der Waals surface area contributed by atoms with Crippen molar-refractivity contribution < 1.29 is 27.7 Å². The molecule has 1 aliphatic rings. The number of rotatable bonds is 14. The molecular formula is C21H40N8O6P2. The van der Waals surface area contributed by atoms with Gasteiger partial charge in [-0.25, -0.2) is 35.3 Å². The molecule has 0 aliphatic carbocycles. The summed E-state index contributed by atoms with van der Waals surface area (Å²) in [5.74, 6) is 0. The highest BCUT2D eigenvalue weighted by Crippen LogP contribution is 2.48. The highest BCUT2D eigenvalue weighted by molar-refractivity contribution is 7.54. The molecule has 0 bridgehead atoms. The molecule has 6 unspecified atom stereocenters. The minimum absolute atomic E-state index is 0.0139. The molecule has 1 fully saturated rings. The van der Waals surface area contributed by atoms with Crippen molar-refractivity contribution in [3.05, 3.63) is 18.3 Å². The van der Waals surface area contributed by atoms with E-state index in [2.05, 4.69) is 25.1 Å². The second-order valence-corrected chi connectivity index (χ2v) is 13.1. The summed E-state index contributed by atoms with van der Waals surface area (Å²) in [4.78, 5) is 13.0. The highest BCUT2D eigenvalue weighted by atomic mass is 31.2. The van der Waals surface area contributed by atoms with E-state index in [4.69, 9.17) is 24.0 Å². The Hall–Kier alpha value is -1.31. The summed E-state index contributed by atoms with van der Waals surface area (Å²) < 4.78 is 53.0. The number of fused-ring (bicyclic) bond motifs is 1. The van der Waals surface area contributed by atoms with E-state index in [9.17, 15) is 9.13 Å². The Morgan fingerprint density at radius 1 is 1.16 bits per heavy atom. The van der Waals surface area contributed by atoms with Gasteiger partial charge in [0.15, 0.2) is 5.65 Å². The molecule has 14 nitrogen and oxygen atoms in total. The Morgan fingerprint density at radius 3 is 2.57 bits per heavy atom. The average molecular weight is 563 g/mol. The van der Waals surface area contributed by atoms with Gasteiger partial charge in [-0.15, -0.1) is 0 Å². The SMILES string of the molecule is CCC(COP(=O)(NC)N1CC(C)OC(COP(N)(=O)NC)C1)OC(CC)n1cnc2c(C)ncnc21. The molecular weight excluding hydrogens is 522 g/mol. The fourth-order valence-corrected chi connectivity index (χ4v) is 6.37. The lowest BCUT2D eigenvalue weighted by atomic mass is 10.2. The van der Waals surface area contributed by atoms with Crippen LogP contribution in [0.1, 0.15) is 45.5 Å². The minimum atomic E-state index is -3.43. The van der Waals surface area contributed by atoms with E-state index in [0.717, 1.165) is 11.2 Å². The Balaban J connectivity index is 1.66. The molecule has 0 aromatic carbocycles. The molecule has 37 heavy (non-hydrogen) atoms. The van der Waals surface area contributed by atoms with Gasteiger partial charge in [-0.3, -0.25) is 13.7 Å². The fraction of sp³-hybridized carbons (Fsp3) is 0.762. The number of hydrogen-bond acceptors (Lipinski definition) is 9. The quantitative estimate of drug-likeness (QED) is 0.288. The van der Waals surface area contributed by atoms with Gasteiger partial charge in [-0.05, 0) is 40.8 Å². The number of aryl methyl sites for hydroxylation is 1. The van der Waals surface area contributed by atoms with Crippen LogP contribution in [0, 0.1) is 6.92 Å². The zero-order chi connectivity index (χ0) is 27.2. The number of nitrogens with two attached hydrogens (primary N) is 1. The number of imidazole rings is 1. The maximum absolute atomic E-state index is 13.8. The molecule has 3 heterocycles. The Morgan fingerprint density at radius 2 is 1.92 bits per heavy atom. The second-order valence-electron chi connectivity index (χ2n) is 8.91. The topological polar surface area (TPSA) is 168 Å². The molecule has 210 valence electrons. The molecule has 0 radical (unpaired) electrons. The van der Waals surface area contributed by atoms with Gasteiger partial charge in [-0.2, -0.15) is 0 Å². The first-order valence-corrected chi connectivity index (χ1v) is 15.7. The number of nitrogens with zero attached hydrogens (tertiary/aromatic N) is 5. The van der Waals surface area contributed by atoms with Crippen molar-refractivity contribution in [3.63, 3.8) is 0 Å². The summed E-state index contributed by atoms with van der Waals surface area (Å²) in [6.07, 6.45) is 3.15. The standard InChI is InChI=1S/C21H40N8O6P2/c1-7-17(35-19(8-2)29-14-27-20-16(4)25-13-26-21(20)29)11-33-37(31,24-6)28-9-15(3)34-18(10-28)12-32-36(22,30)23-5/h13-15,17-19H,7-12H2,1-6H3,(H,24,31)(H3,22,23,30). The molecule has 6 atom stereocenters. The van der Waals surface area contributed by atoms with Crippen LogP contribution in [-0.4, -0.2) is 82.9 Å². The van der Waals surface area contributed by atoms with Gasteiger partial charge in [0, 0.05) is 13.1 Å². The van der Waals surface area contributed by atoms with Gasteiger partial charge in [0.05, 0.1) is 43.5 Å². The van der Waals surface area contributed by atoms with E-state index < -0.39 is 21.4 Å². The van der Waals surface area contributed by atoms with Crippen molar-refractivity contribution in [2.75, 3.05) is 40.4 Å². The third-order valence-corrected chi connectivity index (χ3v) is 9.46. The summed E-state index contributed by atoms with van der Waals surface area (Å²) in [6, 6.07) is 0. The number of morpholine rings is 1. The lowest BCUT2D eigenvalue weighted by Gasteiger charge is -2.40. The monoisotopic (exact) mass is 562 g/mol. The van der Waals surface area contributed by atoms with Gasteiger partial charge in [0.1, 0.15) is 18.1 Å². The van der Waals surface area contributed by atoms with E-state index in [-0.39, 0.29) is 38.2 Å². The molecule has 0 saturated carbocycles. The van der Waals surface area contributed by atoms with Gasteiger partial charge in [0.25, 0.3) is 0 Å². The summed E-state index contributed by atoms with van der Waals surface area (Å²) in [6.45, 7) is 8.49. The normalized spacial score (nSPS) is 24.0. The first-order valence-electron chi connectivity index (χ1n) is 12.4. The van der Waals surface area contributed by atoms with Crippen molar-refractivity contribution in [1.29, 1.82) is 0 Å². The number of aromatic nitrogens is 4. The highest BCUT2D eigenvalue weighted by Gasteiger charge is 2.39. The predicted octanol–water partition coefficient (Wildman–Crippen LogP) is 2.57. The van der Waals surface area contributed by atoms with E-state index in [0.29, 0.717) is 25.0 Å². The van der Waals surface area contributed by atoms with Gasteiger partial charge in [-0.1, -0.05) is 13.8 Å². The number of ether oxygens (including phenoxy) is 2. The fourth-order valence-electron chi connectivity index (χ4n) is 4.07. The van der Waals surface area contributed by atoms with Crippen LogP contribution >= 0.6 is 15.3 Å². The molecule has 0 spiro atoms. The Labute approximate surface area is 218 Å². The van der Waals surface area contributed by atoms with E-state index in [1.165, 1.54) is 13.4 Å². The minimum Gasteiger partial charge on any atom is -0.370 e. The smallest absolute Gasteiger partial charge is 0.343 e. The van der Waals surface area contributed by atoms with E-state index >= 15 is 0 Å². The summed E-state index contributed by atoms with van der Waals surface area (Å²) >= 11 is 0. The van der Waals surface area contributed by atoms with E-state index in [1.807, 2.05) is 32.3 Å². The molecule has 2 aromatic rings. The van der Waals surface area contributed by atoms with Gasteiger partial charge < -0.3 is 18.5 Å². The van der Waals surface area contributed by atoms with E-state index in [1.54, 1.807) is 18.0 Å². The molecule has 1 aliphatic heterocycles. The maximum Gasteiger partial charge on any atom is 0.343 e. The van der Waals surface area contributed by atoms with Crippen LogP contribution in [0.2, 0.25) is 0 Å². The molecule has 1 saturated heterocycles. The van der Waals surface area contributed by atoms with Crippen LogP contribution in [0.4, 0.5) is 0 Å². The second kappa shape index (κ2) is 13.2. The molecule has 0 amide bonds. The zero-order valence-corrected chi connectivity index (χ0v) is 24.2. The van der Waals surface area contributed by atoms with Crippen molar-refractivity contribution in [2.45, 2.75) is 65.1 Å². The summed E-state index contributed by atoms with van der Waals surface area (Å²) in [5, 5.41) is 5.31. The van der Waals surface area contributed by atoms with Crippen LogP contribution in [-0.2, 0) is 27.7 Å². The lowest BCUT2D eigenvalue weighted by Crippen LogP contribution is -2.48. The molecule has 3 rings (SSSR count). The summed E-state index contributed by atoms with van der Waals surface area (Å²) in [5.41, 5.74) is 7.80. The van der Waals surface area contributed by atoms with Crippen molar-refractivity contribution in [1.82, 2.24) is 34.4 Å². The van der Waals surface area contributed by atoms with Crippen molar-refractivity contribution >= 4 is 26.5 Å². The number of nitrogens with one attached hydrogen (secondary N) is 2. The van der Waals surface area contributed by atoms with Crippen LogP contribution in [0.5, 0.6) is 0 Å². The largest absolute Gasteiger partial charge is 0.370 e. The molecule has 4 N–H and O–H groups in total. The van der Waals surface area contributed by atoms with Crippen LogP contribution < -0.4 is 15.7 Å². The predicted molar refractivity (Wildman–Crippen MR) is 140 cm³/mol. The maximum atomic E-state index is 13.8. The lowest BCUT2D eigenvalue weighted by molar-refractivity contribution is -0.0827. The number of hydrogen-bond donors (Lipinski definition) is 3. The van der Waals surface area contributed by atoms with Gasteiger partial charge in [0.2, 0.25) is 0 Å². The molecule has 16 heteroatoms. The zero-order valence-electron chi connectivity index (χ0n) is 22.4. The molecule has 2 aromatic heterocycles. The third kappa shape index (κ3) is 7.63. The van der Waals surface area contributed by atoms with Gasteiger partial charge >= 0.3 is 15.3 Å². The Bertz CT molecular complexity index is 1120. The van der Waals surface area contributed by atoms with Crippen molar-refractivity contribution in [3.8, 4) is 0 Å². The van der Waals surface area contributed by atoms with Crippen LogP contribution in [0.15, 0.2) is 12.7 Å². The van der Waals surface area contributed by atoms with Crippen molar-refractivity contribution in [2.24, 2.45) is 5.50 Å². The van der Waals surface area contributed by atoms with Crippen LogP contribution in [0.3, 0.4) is 0 Å². The Kier molecular flexibility index (Phi) is 10.8. The average Bonchev–Trinajstić information content (AvgIpc) is 3.32. The third-order valence-electron chi connectivity index (χ3n) is 6.17. The first-order chi connectivity index (χ1) is 17.6. The first kappa shape index (κ1) is 30.2. The summed E-state index contributed by atoms with van der Waals surface area (Å²) in [7, 11) is -3.79.